The molecule has 120 valence electrons. The maximum Gasteiger partial charge on any atom is 0.224 e. The van der Waals surface area contributed by atoms with Crippen molar-refractivity contribution >= 4 is 21.8 Å². The number of sulfonamides is 1. The van der Waals surface area contributed by atoms with E-state index in [9.17, 15) is 18.0 Å². The van der Waals surface area contributed by atoms with Gasteiger partial charge in [0.05, 0.1) is 6.26 Å². The normalized spacial score (nSPS) is 26.5. The Morgan fingerprint density at radius 2 is 1.76 bits per heavy atom. The van der Waals surface area contributed by atoms with Crippen LogP contribution in [0.1, 0.15) is 19.8 Å². The van der Waals surface area contributed by atoms with Crippen LogP contribution in [0, 0.1) is 11.8 Å². The second-order valence-corrected chi connectivity index (χ2v) is 7.89. The Balaban J connectivity index is 1.67. The van der Waals surface area contributed by atoms with Crippen molar-refractivity contribution in [1.82, 2.24) is 14.5 Å². The molecular formula is C13H23N3O4S. The van der Waals surface area contributed by atoms with Crippen LogP contribution in [-0.2, 0) is 19.6 Å². The molecule has 0 bridgehead atoms. The molecule has 1 aliphatic heterocycles. The van der Waals surface area contributed by atoms with Gasteiger partial charge in [-0.25, -0.2) is 8.42 Å². The van der Waals surface area contributed by atoms with E-state index < -0.39 is 10.0 Å². The van der Waals surface area contributed by atoms with E-state index in [1.165, 1.54) is 10.6 Å². The Labute approximate surface area is 125 Å². The maximum absolute atomic E-state index is 12.0. The van der Waals surface area contributed by atoms with Gasteiger partial charge in [-0.1, -0.05) is 6.92 Å². The largest absolute Gasteiger partial charge is 0.355 e. The number of rotatable bonds is 5. The van der Waals surface area contributed by atoms with Crippen molar-refractivity contribution < 1.29 is 18.0 Å². The highest BCUT2D eigenvalue weighted by atomic mass is 32.2. The minimum Gasteiger partial charge on any atom is -0.355 e. The van der Waals surface area contributed by atoms with E-state index in [0.717, 1.165) is 6.42 Å². The molecule has 2 atom stereocenters. The Kier molecular flexibility index (Phi) is 4.88. The van der Waals surface area contributed by atoms with Crippen LogP contribution in [-0.4, -0.2) is 68.4 Å². The number of nitrogens with zero attached hydrogens (tertiary/aromatic N) is 2. The smallest absolute Gasteiger partial charge is 0.224 e. The number of nitrogens with one attached hydrogen (secondary N) is 1. The summed E-state index contributed by atoms with van der Waals surface area (Å²) in [6, 6.07) is 0. The predicted molar refractivity (Wildman–Crippen MR) is 77.9 cm³/mol. The molecule has 8 heteroatoms. The van der Waals surface area contributed by atoms with E-state index in [-0.39, 0.29) is 24.2 Å². The van der Waals surface area contributed by atoms with Crippen molar-refractivity contribution in [2.75, 3.05) is 39.0 Å². The fourth-order valence-corrected chi connectivity index (χ4v) is 3.37. The van der Waals surface area contributed by atoms with Crippen molar-refractivity contribution in [3.63, 3.8) is 0 Å². The number of carbonyl (C=O) groups is 2. The minimum absolute atomic E-state index is 0.0349. The van der Waals surface area contributed by atoms with Gasteiger partial charge in [0.25, 0.3) is 0 Å². The van der Waals surface area contributed by atoms with Crippen LogP contribution >= 0.6 is 0 Å². The third-order valence-electron chi connectivity index (χ3n) is 4.14. The molecule has 21 heavy (non-hydrogen) atoms. The zero-order valence-electron chi connectivity index (χ0n) is 12.5. The Bertz CT molecular complexity index is 512. The monoisotopic (exact) mass is 317 g/mol. The molecule has 0 radical (unpaired) electrons. The third kappa shape index (κ3) is 4.41. The highest BCUT2D eigenvalue weighted by Crippen LogP contribution is 2.37. The molecule has 1 N–H and O–H groups in total. The van der Waals surface area contributed by atoms with Crippen molar-refractivity contribution in [3.05, 3.63) is 0 Å². The summed E-state index contributed by atoms with van der Waals surface area (Å²) >= 11 is 0. The SMILES string of the molecule is C[C@@H]1C[C@H]1C(=O)NCCC(=O)N1CCN(S(C)(=O)=O)CC1. The Morgan fingerprint density at radius 1 is 1.19 bits per heavy atom. The highest BCUT2D eigenvalue weighted by Gasteiger charge is 2.38. The summed E-state index contributed by atoms with van der Waals surface area (Å²) in [4.78, 5) is 25.3. The molecule has 0 aromatic heterocycles. The first-order valence-corrected chi connectivity index (χ1v) is 9.14. The molecule has 1 saturated heterocycles. The number of hydrogen-bond acceptors (Lipinski definition) is 4. The van der Waals surface area contributed by atoms with E-state index in [1.807, 2.05) is 6.92 Å². The first-order valence-electron chi connectivity index (χ1n) is 7.29. The van der Waals surface area contributed by atoms with Gasteiger partial charge in [-0.3, -0.25) is 9.59 Å². The van der Waals surface area contributed by atoms with Gasteiger partial charge in [0.15, 0.2) is 0 Å². The van der Waals surface area contributed by atoms with Crippen LogP contribution in [0.5, 0.6) is 0 Å². The van der Waals surface area contributed by atoms with Crippen LogP contribution in [0.4, 0.5) is 0 Å². The molecule has 1 saturated carbocycles. The van der Waals surface area contributed by atoms with Gasteiger partial charge in [0.1, 0.15) is 0 Å². The lowest BCUT2D eigenvalue weighted by molar-refractivity contribution is -0.132. The number of amides is 2. The molecule has 0 unspecified atom stereocenters. The second-order valence-electron chi connectivity index (χ2n) is 5.90. The van der Waals surface area contributed by atoms with Gasteiger partial charge in [0.2, 0.25) is 21.8 Å². The quantitative estimate of drug-likeness (QED) is 0.723. The van der Waals surface area contributed by atoms with Gasteiger partial charge in [-0.2, -0.15) is 4.31 Å². The Morgan fingerprint density at radius 3 is 2.24 bits per heavy atom. The molecule has 0 aromatic rings. The van der Waals surface area contributed by atoms with E-state index in [1.54, 1.807) is 4.90 Å². The number of piperazine rings is 1. The van der Waals surface area contributed by atoms with E-state index in [0.29, 0.717) is 38.6 Å². The predicted octanol–water partition coefficient (Wildman–Crippen LogP) is -0.747. The van der Waals surface area contributed by atoms with Crippen LogP contribution in [0.25, 0.3) is 0 Å². The highest BCUT2D eigenvalue weighted by molar-refractivity contribution is 7.88. The topological polar surface area (TPSA) is 86.8 Å². The van der Waals surface area contributed by atoms with Crippen LogP contribution in [0.3, 0.4) is 0 Å². The summed E-state index contributed by atoms with van der Waals surface area (Å²) in [5.74, 6) is 0.590. The summed E-state index contributed by atoms with van der Waals surface area (Å²) in [6.07, 6.45) is 2.39. The maximum atomic E-state index is 12.0. The van der Waals surface area contributed by atoms with Crippen molar-refractivity contribution in [3.8, 4) is 0 Å². The summed E-state index contributed by atoms with van der Waals surface area (Å²) in [6.45, 7) is 3.91. The molecule has 2 amide bonds. The van der Waals surface area contributed by atoms with Gasteiger partial charge in [0, 0.05) is 45.1 Å². The molecule has 0 aromatic carbocycles. The molecular weight excluding hydrogens is 294 g/mol. The molecule has 7 nitrogen and oxygen atoms in total. The van der Waals surface area contributed by atoms with E-state index in [4.69, 9.17) is 0 Å². The lowest BCUT2D eigenvalue weighted by Gasteiger charge is -2.33. The lowest BCUT2D eigenvalue weighted by Crippen LogP contribution is -2.50. The first kappa shape index (κ1) is 16.2. The molecule has 1 heterocycles. The van der Waals surface area contributed by atoms with E-state index in [2.05, 4.69) is 5.32 Å². The Hall–Kier alpha value is -1.15. The number of hydrogen-bond donors (Lipinski definition) is 1. The molecule has 2 fully saturated rings. The van der Waals surface area contributed by atoms with Crippen LogP contribution in [0.15, 0.2) is 0 Å². The lowest BCUT2D eigenvalue weighted by atomic mass is 10.3. The van der Waals surface area contributed by atoms with Gasteiger partial charge >= 0.3 is 0 Å². The number of carbonyl (C=O) groups excluding carboxylic acids is 2. The van der Waals surface area contributed by atoms with Crippen LogP contribution < -0.4 is 5.32 Å². The second kappa shape index (κ2) is 6.31. The third-order valence-corrected chi connectivity index (χ3v) is 5.45. The summed E-state index contributed by atoms with van der Waals surface area (Å²) < 4.78 is 24.1. The fourth-order valence-electron chi connectivity index (χ4n) is 2.54. The van der Waals surface area contributed by atoms with Crippen molar-refractivity contribution in [1.29, 1.82) is 0 Å². The van der Waals surface area contributed by atoms with Crippen molar-refractivity contribution in [2.45, 2.75) is 19.8 Å². The summed E-state index contributed by atoms with van der Waals surface area (Å²) in [7, 11) is -3.17. The van der Waals surface area contributed by atoms with E-state index >= 15 is 0 Å². The van der Waals surface area contributed by atoms with Crippen LogP contribution in [0.2, 0.25) is 0 Å². The summed E-state index contributed by atoms with van der Waals surface area (Å²) in [5, 5.41) is 2.79. The molecule has 1 aliphatic carbocycles. The molecule has 2 rings (SSSR count). The van der Waals surface area contributed by atoms with Gasteiger partial charge in [-0.05, 0) is 12.3 Å². The standard InChI is InChI=1S/C13H23N3O4S/c1-10-9-11(10)13(18)14-4-3-12(17)15-5-7-16(8-6-15)21(2,19)20/h10-11H,3-9H2,1-2H3,(H,14,18)/t10-,11-/m1/s1. The fraction of sp³-hybridized carbons (Fsp3) is 0.846. The minimum atomic E-state index is -3.17. The zero-order chi connectivity index (χ0) is 15.6. The summed E-state index contributed by atoms with van der Waals surface area (Å²) in [5.41, 5.74) is 0. The van der Waals surface area contributed by atoms with Gasteiger partial charge in [-0.15, -0.1) is 0 Å². The zero-order valence-corrected chi connectivity index (χ0v) is 13.4. The molecule has 2 aliphatic rings. The first-order chi connectivity index (χ1) is 9.79. The average Bonchev–Trinajstić information content (AvgIpc) is 3.15. The molecule has 0 spiro atoms. The average molecular weight is 317 g/mol. The van der Waals surface area contributed by atoms with Crippen molar-refractivity contribution in [2.24, 2.45) is 11.8 Å². The van der Waals surface area contributed by atoms with Gasteiger partial charge < -0.3 is 10.2 Å².